The summed E-state index contributed by atoms with van der Waals surface area (Å²) >= 11 is 4.94. The van der Waals surface area contributed by atoms with Crippen LogP contribution in [0.4, 0.5) is 5.69 Å². The standard InChI is InChI=1S/C15H21N3OS/c1-10(18(2)13-7-4-8-13)15(19)17-12-6-3-5-11(9-12)14(16)20/h3,5-6,9-10,13H,4,7-8H2,1-2H3,(H2,16,20)(H,17,19). The van der Waals surface area contributed by atoms with Crippen LogP contribution in [-0.2, 0) is 4.79 Å². The molecule has 0 bridgehead atoms. The summed E-state index contributed by atoms with van der Waals surface area (Å²) in [7, 11) is 2.01. The molecule has 1 atom stereocenters. The van der Waals surface area contributed by atoms with Crippen LogP contribution in [0.2, 0.25) is 0 Å². The van der Waals surface area contributed by atoms with E-state index in [1.54, 1.807) is 6.07 Å². The number of benzene rings is 1. The van der Waals surface area contributed by atoms with Crippen molar-refractivity contribution < 1.29 is 4.79 Å². The SMILES string of the molecule is CC(C(=O)Nc1cccc(C(N)=S)c1)N(C)C1CCC1. The summed E-state index contributed by atoms with van der Waals surface area (Å²) in [6.07, 6.45) is 3.63. The van der Waals surface area contributed by atoms with Crippen LogP contribution in [0.1, 0.15) is 31.7 Å². The molecule has 1 unspecified atom stereocenters. The summed E-state index contributed by atoms with van der Waals surface area (Å²) in [6.45, 7) is 1.94. The van der Waals surface area contributed by atoms with Gasteiger partial charge >= 0.3 is 0 Å². The molecule has 0 saturated heterocycles. The minimum atomic E-state index is -0.145. The number of amides is 1. The minimum Gasteiger partial charge on any atom is -0.389 e. The van der Waals surface area contributed by atoms with Crippen LogP contribution in [0.5, 0.6) is 0 Å². The smallest absolute Gasteiger partial charge is 0.241 e. The van der Waals surface area contributed by atoms with Gasteiger partial charge in [-0.25, -0.2) is 0 Å². The maximum Gasteiger partial charge on any atom is 0.241 e. The lowest BCUT2D eigenvalue weighted by Gasteiger charge is -2.37. The first-order valence-corrected chi connectivity index (χ1v) is 7.32. The van der Waals surface area contributed by atoms with Gasteiger partial charge in [-0.1, -0.05) is 30.8 Å². The number of carbonyl (C=O) groups excluding carboxylic acids is 1. The van der Waals surface area contributed by atoms with Crippen LogP contribution in [-0.4, -0.2) is 34.9 Å². The fraction of sp³-hybridized carbons (Fsp3) is 0.467. The zero-order chi connectivity index (χ0) is 14.7. The second kappa shape index (κ2) is 6.33. The third kappa shape index (κ3) is 3.35. The predicted molar refractivity (Wildman–Crippen MR) is 85.8 cm³/mol. The molecule has 4 nitrogen and oxygen atoms in total. The number of likely N-dealkylation sites (N-methyl/N-ethyl adjacent to an activating group) is 1. The first-order valence-electron chi connectivity index (χ1n) is 6.91. The molecule has 1 aliphatic rings. The van der Waals surface area contributed by atoms with Crippen molar-refractivity contribution in [1.82, 2.24) is 4.90 Å². The molecule has 3 N–H and O–H groups in total. The number of thiocarbonyl (C=S) groups is 1. The third-order valence-electron chi connectivity index (χ3n) is 4.06. The maximum atomic E-state index is 12.3. The molecule has 20 heavy (non-hydrogen) atoms. The Hall–Kier alpha value is -1.46. The molecule has 1 amide bonds. The van der Waals surface area contributed by atoms with Gasteiger partial charge in [-0.05, 0) is 38.9 Å². The number of anilines is 1. The Morgan fingerprint density at radius 3 is 2.75 bits per heavy atom. The Morgan fingerprint density at radius 2 is 2.20 bits per heavy atom. The van der Waals surface area contributed by atoms with E-state index in [0.29, 0.717) is 11.0 Å². The molecule has 0 aliphatic heterocycles. The van der Waals surface area contributed by atoms with E-state index in [4.69, 9.17) is 18.0 Å². The van der Waals surface area contributed by atoms with E-state index >= 15 is 0 Å². The summed E-state index contributed by atoms with van der Waals surface area (Å²) in [4.78, 5) is 14.7. The van der Waals surface area contributed by atoms with Crippen molar-refractivity contribution in [3.8, 4) is 0 Å². The van der Waals surface area contributed by atoms with Gasteiger partial charge < -0.3 is 11.1 Å². The van der Waals surface area contributed by atoms with Gasteiger partial charge in [-0.3, -0.25) is 9.69 Å². The molecule has 1 fully saturated rings. The third-order valence-corrected chi connectivity index (χ3v) is 4.29. The van der Waals surface area contributed by atoms with E-state index in [2.05, 4.69) is 10.2 Å². The molecule has 1 aromatic carbocycles. The highest BCUT2D eigenvalue weighted by Gasteiger charge is 2.28. The number of hydrogen-bond acceptors (Lipinski definition) is 3. The Bertz CT molecular complexity index is 514. The van der Waals surface area contributed by atoms with Gasteiger partial charge in [0.15, 0.2) is 0 Å². The van der Waals surface area contributed by atoms with E-state index in [9.17, 15) is 4.79 Å². The number of nitrogens with one attached hydrogen (secondary N) is 1. The van der Waals surface area contributed by atoms with Crippen molar-refractivity contribution in [2.45, 2.75) is 38.3 Å². The highest BCUT2D eigenvalue weighted by Crippen LogP contribution is 2.25. The summed E-state index contributed by atoms with van der Waals surface area (Å²) in [5.41, 5.74) is 7.09. The number of rotatable bonds is 5. The van der Waals surface area contributed by atoms with Crippen molar-refractivity contribution in [3.05, 3.63) is 29.8 Å². The molecular formula is C15H21N3OS. The second-order valence-electron chi connectivity index (χ2n) is 5.36. The van der Waals surface area contributed by atoms with Crippen molar-refractivity contribution in [1.29, 1.82) is 0 Å². The van der Waals surface area contributed by atoms with Gasteiger partial charge in [0.1, 0.15) is 4.99 Å². The highest BCUT2D eigenvalue weighted by atomic mass is 32.1. The Morgan fingerprint density at radius 1 is 1.50 bits per heavy atom. The van der Waals surface area contributed by atoms with Gasteiger partial charge in [0, 0.05) is 17.3 Å². The van der Waals surface area contributed by atoms with E-state index in [1.807, 2.05) is 32.2 Å². The highest BCUT2D eigenvalue weighted by molar-refractivity contribution is 7.80. The number of nitrogens with two attached hydrogens (primary N) is 1. The zero-order valence-corrected chi connectivity index (χ0v) is 12.7. The predicted octanol–water partition coefficient (Wildman–Crippen LogP) is 2.13. The monoisotopic (exact) mass is 291 g/mol. The molecule has 0 heterocycles. The van der Waals surface area contributed by atoms with Crippen molar-refractivity contribution >= 4 is 28.8 Å². The number of nitrogens with zero attached hydrogens (tertiary/aromatic N) is 1. The first-order chi connectivity index (χ1) is 9.49. The van der Waals surface area contributed by atoms with Gasteiger partial charge in [0.25, 0.3) is 0 Å². The molecule has 2 rings (SSSR count). The van der Waals surface area contributed by atoms with Crippen LogP contribution in [0.15, 0.2) is 24.3 Å². The fourth-order valence-electron chi connectivity index (χ4n) is 2.29. The van der Waals surface area contributed by atoms with Crippen molar-refractivity contribution in [2.24, 2.45) is 5.73 Å². The van der Waals surface area contributed by atoms with E-state index in [1.165, 1.54) is 19.3 Å². The van der Waals surface area contributed by atoms with E-state index in [-0.39, 0.29) is 11.9 Å². The lowest BCUT2D eigenvalue weighted by molar-refractivity contribution is -0.121. The normalized spacial score (nSPS) is 16.6. The molecule has 1 aromatic rings. The van der Waals surface area contributed by atoms with Crippen LogP contribution in [0.25, 0.3) is 0 Å². The van der Waals surface area contributed by atoms with Crippen LogP contribution < -0.4 is 11.1 Å². The second-order valence-corrected chi connectivity index (χ2v) is 5.80. The lowest BCUT2D eigenvalue weighted by Crippen LogP contribution is -2.47. The topological polar surface area (TPSA) is 58.4 Å². The Labute approximate surface area is 125 Å². The van der Waals surface area contributed by atoms with Crippen LogP contribution in [0, 0.1) is 0 Å². The molecule has 0 aromatic heterocycles. The molecule has 0 spiro atoms. The quantitative estimate of drug-likeness (QED) is 0.816. The summed E-state index contributed by atoms with van der Waals surface area (Å²) < 4.78 is 0. The summed E-state index contributed by atoms with van der Waals surface area (Å²) in [5.74, 6) is -0.000472. The largest absolute Gasteiger partial charge is 0.389 e. The van der Waals surface area contributed by atoms with Gasteiger partial charge in [-0.15, -0.1) is 0 Å². The Balaban J connectivity index is 1.99. The van der Waals surface area contributed by atoms with Crippen LogP contribution in [0.3, 0.4) is 0 Å². The molecular weight excluding hydrogens is 270 g/mol. The first kappa shape index (κ1) is 14.9. The van der Waals surface area contributed by atoms with Crippen LogP contribution >= 0.6 is 12.2 Å². The summed E-state index contributed by atoms with van der Waals surface area (Å²) in [5, 5.41) is 2.93. The minimum absolute atomic E-state index is 0.000472. The fourth-order valence-corrected chi connectivity index (χ4v) is 2.42. The molecule has 1 aliphatic carbocycles. The molecule has 5 heteroatoms. The van der Waals surface area contributed by atoms with Gasteiger partial charge in [-0.2, -0.15) is 0 Å². The average molecular weight is 291 g/mol. The molecule has 108 valence electrons. The zero-order valence-electron chi connectivity index (χ0n) is 11.9. The van der Waals surface area contributed by atoms with Gasteiger partial charge in [0.05, 0.1) is 6.04 Å². The van der Waals surface area contributed by atoms with Crippen molar-refractivity contribution in [2.75, 3.05) is 12.4 Å². The maximum absolute atomic E-state index is 12.3. The van der Waals surface area contributed by atoms with Crippen molar-refractivity contribution in [3.63, 3.8) is 0 Å². The van der Waals surface area contributed by atoms with Gasteiger partial charge in [0.2, 0.25) is 5.91 Å². The lowest BCUT2D eigenvalue weighted by atomic mass is 9.91. The summed E-state index contributed by atoms with van der Waals surface area (Å²) in [6, 6.07) is 7.71. The Kier molecular flexibility index (Phi) is 4.73. The average Bonchev–Trinajstić information content (AvgIpc) is 2.35. The van der Waals surface area contributed by atoms with E-state index < -0.39 is 0 Å². The molecule has 1 saturated carbocycles. The molecule has 0 radical (unpaired) electrons. The number of carbonyl (C=O) groups is 1. The number of hydrogen-bond donors (Lipinski definition) is 2. The van der Waals surface area contributed by atoms with E-state index in [0.717, 1.165) is 11.3 Å².